The molecule has 1 heterocycles. The van der Waals surface area contributed by atoms with Crippen molar-refractivity contribution < 1.29 is 9.53 Å². The lowest BCUT2D eigenvalue weighted by Crippen LogP contribution is -2.18. The average molecular weight is 206 g/mol. The molecule has 12 heavy (non-hydrogen) atoms. The molecule has 2 atom stereocenters. The second-order valence-corrected chi connectivity index (χ2v) is 4.52. The third-order valence-corrected chi connectivity index (χ3v) is 4.02. The number of rotatable bonds is 3. The lowest BCUT2D eigenvalue weighted by molar-refractivity contribution is -0.147. The van der Waals surface area contributed by atoms with Gasteiger partial charge in [0.2, 0.25) is 0 Å². The summed E-state index contributed by atoms with van der Waals surface area (Å²) < 4.78 is 4.94. The molecule has 0 unspecified atom stereocenters. The molecule has 4 heteroatoms. The zero-order valence-corrected chi connectivity index (χ0v) is 8.87. The van der Waals surface area contributed by atoms with Crippen LogP contribution in [0.15, 0.2) is 0 Å². The maximum atomic E-state index is 11.2. The Morgan fingerprint density at radius 1 is 1.75 bits per heavy atom. The van der Waals surface area contributed by atoms with Crippen molar-refractivity contribution in [3.63, 3.8) is 0 Å². The topological polar surface area (TPSA) is 26.3 Å². The van der Waals surface area contributed by atoms with Crippen molar-refractivity contribution in [1.29, 1.82) is 0 Å². The number of hydrogen-bond acceptors (Lipinski definition) is 4. The highest BCUT2D eigenvalue weighted by Gasteiger charge is 2.30. The summed E-state index contributed by atoms with van der Waals surface area (Å²) in [5.41, 5.74) is 0. The first-order valence-corrected chi connectivity index (χ1v) is 5.85. The molecular weight excluding hydrogens is 192 g/mol. The van der Waals surface area contributed by atoms with Gasteiger partial charge in [0.15, 0.2) is 0 Å². The molecule has 0 radical (unpaired) electrons. The Kier molecular flexibility index (Phi) is 4.29. The first-order valence-electron chi connectivity index (χ1n) is 4.17. The van der Waals surface area contributed by atoms with Crippen molar-refractivity contribution in [2.75, 3.05) is 18.1 Å². The zero-order valence-electron chi connectivity index (χ0n) is 7.16. The van der Waals surface area contributed by atoms with Crippen molar-refractivity contribution in [2.45, 2.75) is 18.6 Å². The number of carbonyl (C=O) groups is 1. The van der Waals surface area contributed by atoms with E-state index in [1.165, 1.54) is 0 Å². The maximum absolute atomic E-state index is 11.2. The van der Waals surface area contributed by atoms with Crippen molar-refractivity contribution in [2.24, 2.45) is 5.92 Å². The van der Waals surface area contributed by atoms with E-state index >= 15 is 0 Å². The Bertz CT molecular complexity index is 161. The van der Waals surface area contributed by atoms with Crippen LogP contribution in [0.3, 0.4) is 0 Å². The van der Waals surface area contributed by atoms with Crippen molar-refractivity contribution in [3.8, 4) is 0 Å². The van der Waals surface area contributed by atoms with Crippen LogP contribution >= 0.6 is 24.4 Å². The van der Waals surface area contributed by atoms with E-state index < -0.39 is 0 Å². The van der Waals surface area contributed by atoms with E-state index in [1.54, 1.807) is 0 Å². The molecule has 0 spiro atoms. The molecule has 2 nitrogen and oxygen atoms in total. The Hall–Kier alpha value is 0.170. The summed E-state index contributed by atoms with van der Waals surface area (Å²) in [6, 6.07) is 0. The molecule has 1 saturated heterocycles. The average Bonchev–Trinajstić information content (AvgIpc) is 2.52. The molecule has 70 valence electrons. The van der Waals surface area contributed by atoms with Gasteiger partial charge in [0.25, 0.3) is 0 Å². The van der Waals surface area contributed by atoms with Crippen LogP contribution in [0.4, 0.5) is 0 Å². The molecule has 0 saturated carbocycles. The lowest BCUT2D eigenvalue weighted by Gasteiger charge is -2.07. The van der Waals surface area contributed by atoms with Gasteiger partial charge in [-0.1, -0.05) is 0 Å². The molecule has 0 aromatic heterocycles. The van der Waals surface area contributed by atoms with Crippen LogP contribution in [0.5, 0.6) is 0 Å². The molecule has 1 rings (SSSR count). The smallest absolute Gasteiger partial charge is 0.309 e. The van der Waals surface area contributed by atoms with Crippen molar-refractivity contribution in [3.05, 3.63) is 0 Å². The van der Waals surface area contributed by atoms with Gasteiger partial charge in [0, 0.05) is 16.8 Å². The third kappa shape index (κ3) is 2.59. The maximum Gasteiger partial charge on any atom is 0.309 e. The summed E-state index contributed by atoms with van der Waals surface area (Å²) in [5.74, 6) is 1.85. The Morgan fingerprint density at radius 2 is 2.50 bits per heavy atom. The first kappa shape index (κ1) is 10.3. The van der Waals surface area contributed by atoms with Gasteiger partial charge in [-0.05, 0) is 13.3 Å². The van der Waals surface area contributed by atoms with Gasteiger partial charge in [-0.2, -0.15) is 24.4 Å². The zero-order chi connectivity index (χ0) is 8.97. The van der Waals surface area contributed by atoms with E-state index in [0.717, 1.165) is 17.9 Å². The van der Waals surface area contributed by atoms with Crippen LogP contribution in [0.2, 0.25) is 0 Å². The number of thioether (sulfide) groups is 1. The van der Waals surface area contributed by atoms with Gasteiger partial charge >= 0.3 is 5.97 Å². The highest BCUT2D eigenvalue weighted by atomic mass is 32.2. The minimum atomic E-state index is -0.0331. The van der Waals surface area contributed by atoms with Gasteiger partial charge < -0.3 is 4.74 Å². The molecule has 0 aromatic rings. The fourth-order valence-corrected chi connectivity index (χ4v) is 2.97. The second kappa shape index (κ2) is 5.02. The predicted octanol–water partition coefficient (Wildman–Crippen LogP) is 1.60. The van der Waals surface area contributed by atoms with Crippen molar-refractivity contribution in [1.82, 2.24) is 0 Å². The minimum Gasteiger partial charge on any atom is -0.466 e. The molecule has 0 amide bonds. The van der Waals surface area contributed by atoms with Crippen LogP contribution in [0.1, 0.15) is 13.3 Å². The summed E-state index contributed by atoms with van der Waals surface area (Å²) in [4.78, 5) is 11.2. The van der Waals surface area contributed by atoms with E-state index in [1.807, 2.05) is 18.7 Å². The van der Waals surface area contributed by atoms with Gasteiger partial charge in [-0.25, -0.2) is 0 Å². The molecule has 1 fully saturated rings. The van der Waals surface area contributed by atoms with E-state index in [9.17, 15) is 4.79 Å². The molecular formula is C8H14O2S2. The number of hydrogen-bond donors (Lipinski definition) is 1. The fourth-order valence-electron chi connectivity index (χ4n) is 1.26. The molecule has 0 bridgehead atoms. The van der Waals surface area contributed by atoms with Gasteiger partial charge in [-0.3, -0.25) is 4.79 Å². The van der Waals surface area contributed by atoms with Gasteiger partial charge in [0.1, 0.15) is 0 Å². The summed E-state index contributed by atoms with van der Waals surface area (Å²) >= 11 is 6.03. The number of ether oxygens (including phenoxy) is 1. The monoisotopic (exact) mass is 206 g/mol. The van der Waals surface area contributed by atoms with Crippen LogP contribution in [0, 0.1) is 5.92 Å². The lowest BCUT2D eigenvalue weighted by atomic mass is 10.1. The van der Waals surface area contributed by atoms with Crippen LogP contribution in [0.25, 0.3) is 0 Å². The predicted molar refractivity (Wildman–Crippen MR) is 54.8 cm³/mol. The van der Waals surface area contributed by atoms with E-state index in [2.05, 4.69) is 12.6 Å². The van der Waals surface area contributed by atoms with E-state index in [0.29, 0.717) is 11.9 Å². The first-order chi connectivity index (χ1) is 5.77. The summed E-state index contributed by atoms with van der Waals surface area (Å²) in [7, 11) is 0. The standard InChI is InChI=1S/C8H14O2S2/c1-2-10-8(9)6-3-7(4-11)12-5-6/h6-7,11H,2-5H2,1H3/t6-,7-/m1/s1. The van der Waals surface area contributed by atoms with Crippen LogP contribution in [-0.2, 0) is 9.53 Å². The molecule has 1 aliphatic heterocycles. The summed E-state index contributed by atoms with van der Waals surface area (Å²) in [6.45, 7) is 2.33. The van der Waals surface area contributed by atoms with Gasteiger partial charge in [-0.15, -0.1) is 0 Å². The number of carbonyl (C=O) groups excluding carboxylic acids is 1. The number of thiol groups is 1. The van der Waals surface area contributed by atoms with Crippen molar-refractivity contribution >= 4 is 30.4 Å². The molecule has 1 aliphatic rings. The fraction of sp³-hybridized carbons (Fsp3) is 0.875. The van der Waals surface area contributed by atoms with Crippen LogP contribution < -0.4 is 0 Å². The summed E-state index contributed by atoms with van der Waals surface area (Å²) in [6.07, 6.45) is 0.938. The minimum absolute atomic E-state index is 0.0331. The van der Waals surface area contributed by atoms with E-state index in [4.69, 9.17) is 4.74 Å². The Labute approximate surface area is 82.8 Å². The second-order valence-electron chi connectivity index (χ2n) is 2.82. The van der Waals surface area contributed by atoms with Crippen LogP contribution in [-0.4, -0.2) is 29.3 Å². The SMILES string of the molecule is CCOC(=O)[C@H]1CS[C@@H](CS)C1. The van der Waals surface area contributed by atoms with Gasteiger partial charge in [0.05, 0.1) is 12.5 Å². The summed E-state index contributed by atoms with van der Waals surface area (Å²) in [5, 5.41) is 0.544. The van der Waals surface area contributed by atoms with E-state index in [-0.39, 0.29) is 11.9 Å². The largest absolute Gasteiger partial charge is 0.466 e. The molecule has 0 N–H and O–H groups in total. The Morgan fingerprint density at radius 3 is 3.00 bits per heavy atom. The Balaban J connectivity index is 2.31. The molecule has 0 aliphatic carbocycles. The molecule has 0 aromatic carbocycles. The quantitative estimate of drug-likeness (QED) is 0.561. The number of esters is 1. The highest BCUT2D eigenvalue weighted by Crippen LogP contribution is 2.32. The third-order valence-electron chi connectivity index (χ3n) is 1.90. The normalized spacial score (nSPS) is 28.8. The highest BCUT2D eigenvalue weighted by molar-refractivity contribution is 8.00.